The summed E-state index contributed by atoms with van der Waals surface area (Å²) < 4.78 is 27.6. The van der Waals surface area contributed by atoms with Gasteiger partial charge in [-0.2, -0.15) is 0 Å². The second-order valence-corrected chi connectivity index (χ2v) is 8.43. The first kappa shape index (κ1) is 17.6. The molecule has 8 heteroatoms. The second-order valence-electron chi connectivity index (χ2n) is 4.75. The molecule has 114 valence electrons. The maximum absolute atomic E-state index is 12.1. The van der Waals surface area contributed by atoms with E-state index in [1.165, 1.54) is 0 Å². The highest BCUT2D eigenvalue weighted by atomic mass is 79.9. The van der Waals surface area contributed by atoms with Crippen LogP contribution in [0.2, 0.25) is 0 Å². The topological polar surface area (TPSA) is 83.5 Å². The Hall–Kier alpha value is -0.440. The van der Waals surface area contributed by atoms with Crippen LogP contribution in [0.15, 0.2) is 20.1 Å². The second kappa shape index (κ2) is 7.53. The minimum Gasteiger partial charge on any atom is -0.481 e. The average molecular weight is 384 g/mol. The Balaban J connectivity index is 2.48. The summed E-state index contributed by atoms with van der Waals surface area (Å²) in [5.41, 5.74) is 0. The summed E-state index contributed by atoms with van der Waals surface area (Å²) >= 11 is 4.36. The largest absolute Gasteiger partial charge is 0.481 e. The van der Waals surface area contributed by atoms with Gasteiger partial charge in [-0.05, 0) is 47.1 Å². The Bertz CT molecular complexity index is 556. The monoisotopic (exact) mass is 383 g/mol. The van der Waals surface area contributed by atoms with Crippen LogP contribution >= 0.6 is 27.3 Å². The normalized spacial score (nSPS) is 14.9. The zero-order chi connectivity index (χ0) is 15.3. The molecule has 0 fully saturated rings. The molecule has 0 saturated heterocycles. The number of nitrogens with one attached hydrogen (secondary N) is 1. The van der Waals surface area contributed by atoms with Crippen LogP contribution < -0.4 is 4.72 Å². The van der Waals surface area contributed by atoms with E-state index in [2.05, 4.69) is 20.7 Å². The standard InChI is InChI=1S/C12H18BrNO4S2/c1-8(11(15)16)4-3-5-9(2)14-20(17,18)12-10(13)6-7-19-12/h6-9,14H,3-5H2,1-2H3,(H,15,16). The van der Waals surface area contributed by atoms with Crippen molar-refractivity contribution in [2.24, 2.45) is 5.92 Å². The van der Waals surface area contributed by atoms with E-state index in [0.29, 0.717) is 23.7 Å². The van der Waals surface area contributed by atoms with Gasteiger partial charge < -0.3 is 5.11 Å². The van der Waals surface area contributed by atoms with E-state index in [0.717, 1.165) is 11.3 Å². The van der Waals surface area contributed by atoms with E-state index in [4.69, 9.17) is 5.11 Å². The predicted molar refractivity (Wildman–Crippen MR) is 82.5 cm³/mol. The van der Waals surface area contributed by atoms with E-state index in [1.54, 1.807) is 25.3 Å². The molecule has 0 radical (unpaired) electrons. The fourth-order valence-electron chi connectivity index (χ4n) is 1.70. The van der Waals surface area contributed by atoms with Crippen molar-refractivity contribution >= 4 is 43.3 Å². The summed E-state index contributed by atoms with van der Waals surface area (Å²) in [6.07, 6.45) is 1.83. The third-order valence-electron chi connectivity index (χ3n) is 2.88. The number of carboxylic acids is 1. The SMILES string of the molecule is CC(CCCC(C)C(=O)O)NS(=O)(=O)c1sccc1Br. The van der Waals surface area contributed by atoms with Gasteiger partial charge >= 0.3 is 5.97 Å². The zero-order valence-electron chi connectivity index (χ0n) is 11.3. The van der Waals surface area contributed by atoms with Crippen molar-refractivity contribution in [3.8, 4) is 0 Å². The van der Waals surface area contributed by atoms with E-state index in [9.17, 15) is 13.2 Å². The van der Waals surface area contributed by atoms with Crippen LogP contribution in [0.1, 0.15) is 33.1 Å². The van der Waals surface area contributed by atoms with E-state index >= 15 is 0 Å². The third kappa shape index (κ3) is 5.16. The van der Waals surface area contributed by atoms with Crippen LogP contribution in [0.3, 0.4) is 0 Å². The molecule has 0 amide bonds. The van der Waals surface area contributed by atoms with Gasteiger partial charge in [0, 0.05) is 10.5 Å². The molecule has 0 aliphatic carbocycles. The van der Waals surface area contributed by atoms with Crippen molar-refractivity contribution in [1.29, 1.82) is 0 Å². The van der Waals surface area contributed by atoms with Gasteiger partial charge in [0.15, 0.2) is 0 Å². The zero-order valence-corrected chi connectivity index (χ0v) is 14.5. The number of hydrogen-bond acceptors (Lipinski definition) is 4. The van der Waals surface area contributed by atoms with Gasteiger partial charge in [-0.3, -0.25) is 4.79 Å². The smallest absolute Gasteiger partial charge is 0.306 e. The maximum atomic E-state index is 12.1. The predicted octanol–water partition coefficient (Wildman–Crippen LogP) is 3.07. The Morgan fingerprint density at radius 2 is 2.10 bits per heavy atom. The van der Waals surface area contributed by atoms with Crippen molar-refractivity contribution in [3.63, 3.8) is 0 Å². The van der Waals surface area contributed by atoms with Crippen LogP contribution in [0.25, 0.3) is 0 Å². The van der Waals surface area contributed by atoms with Gasteiger partial charge in [-0.25, -0.2) is 13.1 Å². The minimum absolute atomic E-state index is 0.227. The number of sulfonamides is 1. The molecule has 0 aliphatic rings. The van der Waals surface area contributed by atoms with E-state index in [-0.39, 0.29) is 10.3 Å². The molecule has 0 aliphatic heterocycles. The van der Waals surface area contributed by atoms with E-state index < -0.39 is 21.9 Å². The number of carboxylic acid groups (broad SMARTS) is 1. The van der Waals surface area contributed by atoms with Crippen molar-refractivity contribution in [3.05, 3.63) is 15.9 Å². The number of carbonyl (C=O) groups is 1. The van der Waals surface area contributed by atoms with Crippen LogP contribution in [-0.4, -0.2) is 25.5 Å². The van der Waals surface area contributed by atoms with Crippen molar-refractivity contribution in [2.75, 3.05) is 0 Å². The Morgan fingerprint density at radius 1 is 1.45 bits per heavy atom. The first-order valence-corrected chi connectivity index (χ1v) is 9.37. The number of halogens is 1. The minimum atomic E-state index is -3.51. The molecule has 2 unspecified atom stereocenters. The fourth-order valence-corrected chi connectivity index (χ4v) is 5.33. The molecule has 2 atom stereocenters. The molecule has 5 nitrogen and oxygen atoms in total. The summed E-state index contributed by atoms with van der Waals surface area (Å²) in [5.74, 6) is -1.22. The molecule has 0 spiro atoms. The molecule has 0 saturated carbocycles. The van der Waals surface area contributed by atoms with E-state index in [1.807, 2.05) is 0 Å². The van der Waals surface area contributed by atoms with Gasteiger partial charge in [0.05, 0.1) is 5.92 Å². The summed E-state index contributed by atoms with van der Waals surface area (Å²) in [6.45, 7) is 3.43. The lowest BCUT2D eigenvalue weighted by Gasteiger charge is -2.14. The van der Waals surface area contributed by atoms with Gasteiger partial charge in [-0.15, -0.1) is 11.3 Å². The summed E-state index contributed by atoms with van der Waals surface area (Å²) in [7, 11) is -3.51. The lowest BCUT2D eigenvalue weighted by molar-refractivity contribution is -0.141. The Morgan fingerprint density at radius 3 is 2.60 bits per heavy atom. The first-order chi connectivity index (χ1) is 9.24. The van der Waals surface area contributed by atoms with Crippen molar-refractivity contribution in [1.82, 2.24) is 4.72 Å². The molecule has 2 N–H and O–H groups in total. The lowest BCUT2D eigenvalue weighted by atomic mass is 10.0. The van der Waals surface area contributed by atoms with Crippen LogP contribution in [0.5, 0.6) is 0 Å². The first-order valence-electron chi connectivity index (χ1n) is 6.22. The summed E-state index contributed by atoms with van der Waals surface area (Å²) in [6, 6.07) is 1.47. The molecular weight excluding hydrogens is 366 g/mol. The van der Waals surface area contributed by atoms with Crippen LogP contribution in [0, 0.1) is 5.92 Å². The van der Waals surface area contributed by atoms with Crippen LogP contribution in [-0.2, 0) is 14.8 Å². The molecule has 1 aromatic heterocycles. The number of rotatable bonds is 8. The lowest BCUT2D eigenvalue weighted by Crippen LogP contribution is -2.32. The molecule has 0 bridgehead atoms. The van der Waals surface area contributed by atoms with Gasteiger partial charge in [0.1, 0.15) is 4.21 Å². The third-order valence-corrected chi connectivity index (χ3v) is 7.14. The number of aliphatic carboxylic acids is 1. The molecule has 1 rings (SSSR count). The fraction of sp³-hybridized carbons (Fsp3) is 0.583. The van der Waals surface area contributed by atoms with Crippen LogP contribution in [0.4, 0.5) is 0 Å². The highest BCUT2D eigenvalue weighted by Crippen LogP contribution is 2.27. The number of thiophene rings is 1. The quantitative estimate of drug-likeness (QED) is 0.722. The Kier molecular flexibility index (Phi) is 6.63. The highest BCUT2D eigenvalue weighted by molar-refractivity contribution is 9.10. The summed E-state index contributed by atoms with van der Waals surface area (Å²) in [5, 5.41) is 10.5. The van der Waals surface area contributed by atoms with Gasteiger partial charge in [0.2, 0.25) is 0 Å². The number of hydrogen-bond donors (Lipinski definition) is 2. The van der Waals surface area contributed by atoms with Crippen molar-refractivity contribution < 1.29 is 18.3 Å². The molecular formula is C12H18BrNO4S2. The maximum Gasteiger partial charge on any atom is 0.306 e. The molecule has 1 aromatic rings. The Labute approximate surface area is 131 Å². The molecule has 1 heterocycles. The average Bonchev–Trinajstić information content (AvgIpc) is 2.75. The highest BCUT2D eigenvalue weighted by Gasteiger charge is 2.21. The molecule has 0 aromatic carbocycles. The van der Waals surface area contributed by atoms with Gasteiger partial charge in [-0.1, -0.05) is 13.3 Å². The summed E-state index contributed by atoms with van der Waals surface area (Å²) in [4.78, 5) is 10.7. The van der Waals surface area contributed by atoms with Gasteiger partial charge in [0.25, 0.3) is 10.0 Å². The van der Waals surface area contributed by atoms with Crippen molar-refractivity contribution in [2.45, 2.75) is 43.4 Å². The molecule has 20 heavy (non-hydrogen) atoms.